The van der Waals surface area contributed by atoms with Crippen molar-refractivity contribution >= 4 is 5.78 Å². The monoisotopic (exact) mass is 300 g/mol. The molecule has 0 heterocycles. The van der Waals surface area contributed by atoms with Crippen LogP contribution in [0.3, 0.4) is 0 Å². The average molecular weight is 300 g/mol. The molecule has 0 bridgehead atoms. The summed E-state index contributed by atoms with van der Waals surface area (Å²) in [5.41, 5.74) is 1.60. The Bertz CT molecular complexity index is 634. The Kier molecular flexibility index (Phi) is 5.17. The quantitative estimate of drug-likeness (QED) is 0.891. The molecule has 2 aromatic rings. The summed E-state index contributed by atoms with van der Waals surface area (Å²) < 4.78 is 10.5. The number of hydrogen-bond acceptors (Lipinski definition) is 4. The van der Waals surface area contributed by atoms with Crippen LogP contribution < -0.4 is 9.47 Å². The number of ketones is 1. The second-order valence-electron chi connectivity index (χ2n) is 5.05. The zero-order valence-corrected chi connectivity index (χ0v) is 12.9. The molecule has 0 radical (unpaired) electrons. The van der Waals surface area contributed by atoms with E-state index in [1.165, 1.54) is 6.92 Å². The standard InChI is InChI=1S/C18H20O4/c1-12(19)18(20)17(13-8-10-14(21-2)11-9-13)15-6-4-5-7-16(15)22-3/h4-11,17-18,20H,1-3H3. The van der Waals surface area contributed by atoms with Gasteiger partial charge in [-0.3, -0.25) is 4.79 Å². The first-order valence-corrected chi connectivity index (χ1v) is 7.04. The Balaban J connectivity index is 2.52. The number of Topliss-reactive ketones (excluding diaryl/α,β-unsaturated/α-hetero) is 1. The molecular weight excluding hydrogens is 280 g/mol. The van der Waals surface area contributed by atoms with Crippen molar-refractivity contribution in [1.29, 1.82) is 0 Å². The molecule has 0 aliphatic carbocycles. The number of carbonyl (C=O) groups is 1. The molecule has 0 aromatic heterocycles. The molecule has 2 rings (SSSR count). The summed E-state index contributed by atoms with van der Waals surface area (Å²) in [6.07, 6.45) is -1.13. The van der Waals surface area contributed by atoms with Crippen LogP contribution in [-0.4, -0.2) is 31.2 Å². The van der Waals surface area contributed by atoms with Crippen molar-refractivity contribution in [1.82, 2.24) is 0 Å². The van der Waals surface area contributed by atoms with Crippen molar-refractivity contribution in [2.24, 2.45) is 0 Å². The molecule has 2 aromatic carbocycles. The van der Waals surface area contributed by atoms with Crippen LogP contribution in [0.1, 0.15) is 24.0 Å². The number of methoxy groups -OCH3 is 2. The second-order valence-corrected chi connectivity index (χ2v) is 5.05. The van der Waals surface area contributed by atoms with E-state index >= 15 is 0 Å². The van der Waals surface area contributed by atoms with Gasteiger partial charge in [-0.15, -0.1) is 0 Å². The summed E-state index contributed by atoms with van der Waals surface area (Å²) >= 11 is 0. The van der Waals surface area contributed by atoms with Crippen LogP contribution in [0.15, 0.2) is 48.5 Å². The Morgan fingerprint density at radius 1 is 1.00 bits per heavy atom. The second kappa shape index (κ2) is 7.09. The SMILES string of the molecule is COc1ccc(C(c2ccccc2OC)C(O)C(C)=O)cc1. The zero-order valence-electron chi connectivity index (χ0n) is 12.9. The van der Waals surface area contributed by atoms with E-state index in [0.29, 0.717) is 5.75 Å². The lowest BCUT2D eigenvalue weighted by Gasteiger charge is -2.24. The number of carbonyl (C=O) groups excluding carboxylic acids is 1. The third-order valence-corrected chi connectivity index (χ3v) is 3.68. The van der Waals surface area contributed by atoms with Gasteiger partial charge in [-0.1, -0.05) is 30.3 Å². The topological polar surface area (TPSA) is 55.8 Å². The maximum absolute atomic E-state index is 11.7. The lowest BCUT2D eigenvalue weighted by atomic mass is 9.84. The highest BCUT2D eigenvalue weighted by Crippen LogP contribution is 2.35. The molecule has 0 saturated heterocycles. The van der Waals surface area contributed by atoms with Gasteiger partial charge in [-0.25, -0.2) is 0 Å². The highest BCUT2D eigenvalue weighted by molar-refractivity contribution is 5.82. The Morgan fingerprint density at radius 2 is 1.64 bits per heavy atom. The van der Waals surface area contributed by atoms with Crippen LogP contribution in [0.2, 0.25) is 0 Å². The molecule has 0 spiro atoms. The fourth-order valence-electron chi connectivity index (χ4n) is 2.50. The van der Waals surface area contributed by atoms with Crippen molar-refractivity contribution in [2.45, 2.75) is 18.9 Å². The minimum atomic E-state index is -1.13. The number of aliphatic hydroxyl groups is 1. The maximum Gasteiger partial charge on any atom is 0.159 e. The molecule has 2 atom stereocenters. The fourth-order valence-corrected chi connectivity index (χ4v) is 2.50. The van der Waals surface area contributed by atoms with E-state index in [1.54, 1.807) is 14.2 Å². The smallest absolute Gasteiger partial charge is 0.159 e. The van der Waals surface area contributed by atoms with E-state index < -0.39 is 12.0 Å². The fraction of sp³-hybridized carbons (Fsp3) is 0.278. The summed E-state index contributed by atoms with van der Waals surface area (Å²) in [5, 5.41) is 10.4. The van der Waals surface area contributed by atoms with Crippen molar-refractivity contribution in [3.05, 3.63) is 59.7 Å². The summed E-state index contributed by atoms with van der Waals surface area (Å²) in [6.45, 7) is 1.39. The van der Waals surface area contributed by atoms with Gasteiger partial charge in [0.05, 0.1) is 14.2 Å². The van der Waals surface area contributed by atoms with Crippen LogP contribution in [0, 0.1) is 0 Å². The first kappa shape index (κ1) is 16.0. The van der Waals surface area contributed by atoms with E-state index in [4.69, 9.17) is 9.47 Å². The average Bonchev–Trinajstić information content (AvgIpc) is 2.56. The van der Waals surface area contributed by atoms with Crippen LogP contribution in [0.5, 0.6) is 11.5 Å². The highest BCUT2D eigenvalue weighted by Gasteiger charge is 2.28. The van der Waals surface area contributed by atoms with Gasteiger partial charge in [0.1, 0.15) is 17.6 Å². The predicted octanol–water partition coefficient (Wildman–Crippen LogP) is 2.79. The number of para-hydroxylation sites is 1. The molecule has 0 amide bonds. The van der Waals surface area contributed by atoms with Gasteiger partial charge in [0.2, 0.25) is 0 Å². The summed E-state index contributed by atoms with van der Waals surface area (Å²) in [7, 11) is 3.17. The largest absolute Gasteiger partial charge is 0.497 e. The minimum absolute atomic E-state index is 0.285. The van der Waals surface area contributed by atoms with Crippen LogP contribution in [0.4, 0.5) is 0 Å². The van der Waals surface area contributed by atoms with Crippen molar-refractivity contribution < 1.29 is 19.4 Å². The Morgan fingerprint density at radius 3 is 2.18 bits per heavy atom. The zero-order chi connectivity index (χ0) is 16.1. The van der Waals surface area contributed by atoms with E-state index in [9.17, 15) is 9.90 Å². The summed E-state index contributed by atoms with van der Waals surface area (Å²) in [4.78, 5) is 11.7. The first-order chi connectivity index (χ1) is 10.6. The van der Waals surface area contributed by atoms with Crippen molar-refractivity contribution in [3.63, 3.8) is 0 Å². The van der Waals surface area contributed by atoms with Gasteiger partial charge >= 0.3 is 0 Å². The van der Waals surface area contributed by atoms with Gasteiger partial charge in [0.25, 0.3) is 0 Å². The van der Waals surface area contributed by atoms with E-state index in [1.807, 2.05) is 48.5 Å². The summed E-state index contributed by atoms with van der Waals surface area (Å²) in [6, 6.07) is 14.7. The van der Waals surface area contributed by atoms with E-state index in [2.05, 4.69) is 0 Å². The number of aliphatic hydroxyl groups excluding tert-OH is 1. The minimum Gasteiger partial charge on any atom is -0.497 e. The van der Waals surface area contributed by atoms with Gasteiger partial charge in [-0.05, 0) is 30.7 Å². The first-order valence-electron chi connectivity index (χ1n) is 7.04. The van der Waals surface area contributed by atoms with Gasteiger partial charge < -0.3 is 14.6 Å². The Labute approximate surface area is 130 Å². The molecule has 2 unspecified atom stereocenters. The van der Waals surface area contributed by atoms with Crippen molar-refractivity contribution in [3.8, 4) is 11.5 Å². The number of hydrogen-bond donors (Lipinski definition) is 1. The molecule has 0 saturated carbocycles. The van der Waals surface area contributed by atoms with E-state index in [-0.39, 0.29) is 5.78 Å². The van der Waals surface area contributed by atoms with Crippen LogP contribution >= 0.6 is 0 Å². The third-order valence-electron chi connectivity index (χ3n) is 3.68. The molecule has 22 heavy (non-hydrogen) atoms. The molecule has 4 nitrogen and oxygen atoms in total. The number of benzene rings is 2. The van der Waals surface area contributed by atoms with E-state index in [0.717, 1.165) is 16.9 Å². The van der Waals surface area contributed by atoms with Gasteiger partial charge in [-0.2, -0.15) is 0 Å². The van der Waals surface area contributed by atoms with Gasteiger partial charge in [0.15, 0.2) is 5.78 Å². The normalized spacial score (nSPS) is 13.3. The summed E-state index contributed by atoms with van der Waals surface area (Å²) in [5.74, 6) is 0.592. The molecule has 0 aliphatic rings. The maximum atomic E-state index is 11.7. The lowest BCUT2D eigenvalue weighted by Crippen LogP contribution is -2.27. The number of ether oxygens (including phenoxy) is 2. The molecule has 116 valence electrons. The number of rotatable bonds is 6. The third kappa shape index (κ3) is 3.28. The highest BCUT2D eigenvalue weighted by atomic mass is 16.5. The molecular formula is C18H20O4. The van der Waals surface area contributed by atoms with Gasteiger partial charge in [0, 0.05) is 11.5 Å². The molecule has 0 aliphatic heterocycles. The molecule has 1 N–H and O–H groups in total. The Hall–Kier alpha value is -2.33. The lowest BCUT2D eigenvalue weighted by molar-refractivity contribution is -0.125. The van der Waals surface area contributed by atoms with Crippen LogP contribution in [0.25, 0.3) is 0 Å². The predicted molar refractivity (Wildman–Crippen MR) is 84.5 cm³/mol. The molecule has 4 heteroatoms. The van der Waals surface area contributed by atoms with Crippen molar-refractivity contribution in [2.75, 3.05) is 14.2 Å². The van der Waals surface area contributed by atoms with Crippen LogP contribution in [-0.2, 0) is 4.79 Å². The molecule has 0 fully saturated rings.